The minimum Gasteiger partial charge on any atom is -0.496 e. The second-order valence-corrected chi connectivity index (χ2v) is 10.6. The number of rotatable bonds is 16. The molecule has 0 radical (unpaired) electrons. The number of hydrogen-bond acceptors (Lipinski definition) is 8. The number of ketones is 1. The average molecular weight is 599 g/mol. The quantitative estimate of drug-likeness (QED) is 0.0676. The van der Waals surface area contributed by atoms with Crippen molar-refractivity contribution in [3.8, 4) is 0 Å². The molecule has 0 heterocycles. The third-order valence-corrected chi connectivity index (χ3v) is 7.09. The summed E-state index contributed by atoms with van der Waals surface area (Å²) >= 11 is 0. The van der Waals surface area contributed by atoms with Crippen LogP contribution in [0.4, 0.5) is 0 Å². The third kappa shape index (κ3) is 37.9. The van der Waals surface area contributed by atoms with Crippen molar-refractivity contribution in [2.75, 3.05) is 38.8 Å². The van der Waals surface area contributed by atoms with E-state index in [0.717, 1.165) is 55.0 Å². The van der Waals surface area contributed by atoms with Crippen molar-refractivity contribution in [1.82, 2.24) is 5.32 Å². The molecule has 7 N–H and O–H groups in total. The summed E-state index contributed by atoms with van der Waals surface area (Å²) in [6.45, 7) is 13.5. The summed E-state index contributed by atoms with van der Waals surface area (Å²) in [7, 11) is 6.98. The summed E-state index contributed by atoms with van der Waals surface area (Å²) < 4.78 is 5.38. The predicted octanol–water partition coefficient (Wildman–Crippen LogP) is 6.60. The van der Waals surface area contributed by atoms with Gasteiger partial charge in [0, 0.05) is 36.6 Å². The van der Waals surface area contributed by atoms with Crippen LogP contribution >= 0.6 is 21.6 Å². The Morgan fingerprint density at radius 3 is 2.17 bits per heavy atom. The third-order valence-electron chi connectivity index (χ3n) is 4.45. The van der Waals surface area contributed by atoms with E-state index in [1.54, 1.807) is 20.1 Å². The zero-order valence-corrected chi connectivity index (χ0v) is 27.6. The number of carbonyl (C=O) groups excluding carboxylic acids is 2. The Labute approximate surface area is 253 Å². The van der Waals surface area contributed by atoms with Crippen LogP contribution in [0.1, 0.15) is 72.6 Å². The summed E-state index contributed by atoms with van der Waals surface area (Å²) in [5.74, 6) is 3.50. The zero-order valence-electron chi connectivity index (χ0n) is 26.0. The van der Waals surface area contributed by atoms with Crippen molar-refractivity contribution in [2.24, 2.45) is 17.2 Å². The van der Waals surface area contributed by atoms with Gasteiger partial charge < -0.3 is 32.0 Å². The van der Waals surface area contributed by atoms with Gasteiger partial charge in [-0.3, -0.25) is 4.79 Å². The molecule has 9 heteroatoms. The van der Waals surface area contributed by atoms with Crippen molar-refractivity contribution in [3.05, 3.63) is 72.2 Å². The molecule has 0 aromatic carbocycles. The maximum Gasteiger partial charge on any atom is 0.204 e. The molecule has 0 saturated heterocycles. The molecule has 0 fully saturated rings. The van der Waals surface area contributed by atoms with Gasteiger partial charge in [0.15, 0.2) is 0 Å². The van der Waals surface area contributed by atoms with Crippen LogP contribution in [0.25, 0.3) is 0 Å². The number of nitrogens with two attached hydrogens (primary N) is 3. The lowest BCUT2D eigenvalue weighted by molar-refractivity contribution is -0.117. The fraction of sp³-hybridized carbons (Fsp3) is 0.548. The van der Waals surface area contributed by atoms with Gasteiger partial charge >= 0.3 is 0 Å². The fourth-order valence-corrected chi connectivity index (χ4v) is 4.43. The highest BCUT2D eigenvalue weighted by molar-refractivity contribution is 8.76. The maximum absolute atomic E-state index is 10.9. The van der Waals surface area contributed by atoms with Crippen molar-refractivity contribution in [1.29, 1.82) is 0 Å². The first kappa shape index (κ1) is 44.8. The molecule has 0 unspecified atom stereocenters. The molecular formula is C31H58N4O3S2. The van der Waals surface area contributed by atoms with Crippen LogP contribution in [0, 0.1) is 0 Å². The van der Waals surface area contributed by atoms with Crippen LogP contribution < -0.4 is 22.5 Å². The Hall–Kier alpha value is -2.20. The minimum atomic E-state index is 0.230. The Morgan fingerprint density at radius 1 is 1.07 bits per heavy atom. The number of amides is 1. The van der Waals surface area contributed by atoms with Crippen LogP contribution in [0.2, 0.25) is 0 Å². The Balaban J connectivity index is -0.000000312. The van der Waals surface area contributed by atoms with Gasteiger partial charge in [0.1, 0.15) is 11.5 Å². The van der Waals surface area contributed by atoms with Crippen LogP contribution in [0.5, 0.6) is 0 Å². The molecule has 1 aliphatic rings. The average Bonchev–Trinajstić information content (AvgIpc) is 2.97. The van der Waals surface area contributed by atoms with Gasteiger partial charge in [0.05, 0.1) is 7.11 Å². The van der Waals surface area contributed by atoms with E-state index in [0.29, 0.717) is 6.42 Å². The van der Waals surface area contributed by atoms with E-state index in [2.05, 4.69) is 62.4 Å². The first-order chi connectivity index (χ1) is 19.4. The molecule has 0 aromatic heterocycles. The highest BCUT2D eigenvalue weighted by Crippen LogP contribution is 2.21. The van der Waals surface area contributed by atoms with Crippen LogP contribution in [-0.2, 0) is 14.3 Å². The molecule has 1 amide bonds. The number of nitrogens with one attached hydrogen (secondary N) is 1. The van der Waals surface area contributed by atoms with Crippen molar-refractivity contribution >= 4 is 33.8 Å². The molecule has 0 spiro atoms. The summed E-state index contributed by atoms with van der Waals surface area (Å²) in [5, 5.41) is 3.20. The second kappa shape index (κ2) is 41.3. The number of primary amides is 1. The smallest absolute Gasteiger partial charge is 0.204 e. The van der Waals surface area contributed by atoms with Crippen LogP contribution in [-0.4, -0.2) is 50.9 Å². The van der Waals surface area contributed by atoms with Crippen molar-refractivity contribution in [2.45, 2.75) is 72.6 Å². The topological polar surface area (TPSA) is 133 Å². The van der Waals surface area contributed by atoms with Crippen LogP contribution in [0.15, 0.2) is 72.2 Å². The van der Waals surface area contributed by atoms with Crippen LogP contribution in [0.3, 0.4) is 0 Å². The molecule has 1 rings (SSSR count). The lowest BCUT2D eigenvalue weighted by atomic mass is 10.0. The molecule has 232 valence electrons. The Kier molecular flexibility index (Phi) is 46.2. The molecule has 0 aromatic rings. The van der Waals surface area contributed by atoms with Gasteiger partial charge in [-0.2, -0.15) is 0 Å². The lowest BCUT2D eigenvalue weighted by Gasteiger charge is -2.11. The summed E-state index contributed by atoms with van der Waals surface area (Å²) in [5.41, 5.74) is 16.1. The number of Topliss-reactive ketones (excluding diaryl/α,β-unsaturated/α-hetero) is 1. The molecular weight excluding hydrogens is 541 g/mol. The van der Waals surface area contributed by atoms with Gasteiger partial charge in [-0.05, 0) is 63.6 Å². The summed E-state index contributed by atoms with van der Waals surface area (Å²) in [6.07, 6.45) is 23.7. The van der Waals surface area contributed by atoms with E-state index in [4.69, 9.17) is 15.3 Å². The minimum absolute atomic E-state index is 0.230. The lowest BCUT2D eigenvalue weighted by Crippen LogP contribution is -2.08. The van der Waals surface area contributed by atoms with Crippen molar-refractivity contribution < 1.29 is 14.3 Å². The molecule has 0 saturated carbocycles. The maximum atomic E-state index is 10.9. The first-order valence-corrected chi connectivity index (χ1v) is 16.4. The summed E-state index contributed by atoms with van der Waals surface area (Å²) in [6, 6.07) is 0. The Morgan fingerprint density at radius 2 is 1.68 bits per heavy atom. The van der Waals surface area contributed by atoms with Crippen molar-refractivity contribution in [3.63, 3.8) is 0 Å². The largest absolute Gasteiger partial charge is 0.496 e. The molecule has 0 aliphatic heterocycles. The highest BCUT2D eigenvalue weighted by atomic mass is 33.1. The molecule has 7 nitrogen and oxygen atoms in total. The number of methoxy groups -OCH3 is 1. The molecule has 0 atom stereocenters. The predicted molar refractivity (Wildman–Crippen MR) is 182 cm³/mol. The van der Waals surface area contributed by atoms with Gasteiger partial charge in [-0.15, -0.1) is 0 Å². The Bertz CT molecular complexity index is 726. The van der Waals surface area contributed by atoms with Gasteiger partial charge in [0.2, 0.25) is 6.41 Å². The van der Waals surface area contributed by atoms with E-state index in [1.165, 1.54) is 32.1 Å². The van der Waals surface area contributed by atoms with E-state index < -0.39 is 0 Å². The second-order valence-electron chi connectivity index (χ2n) is 7.91. The SMILES string of the molecule is C=C/C=C(\C=C/NCCCC(C)=O)/C=C/C1=CCCC=C1OC.CCCC.CCCSSCCN.CN.NC=O. The number of unbranched alkanes of at least 4 members (excludes halogenated alkanes) is 1. The van der Waals surface area contributed by atoms with E-state index in [-0.39, 0.29) is 12.2 Å². The molecule has 40 heavy (non-hydrogen) atoms. The normalized spacial score (nSPS) is 12.1. The highest BCUT2D eigenvalue weighted by Gasteiger charge is 2.05. The number of ether oxygens (including phenoxy) is 1. The summed E-state index contributed by atoms with van der Waals surface area (Å²) in [4.78, 5) is 19.4. The van der Waals surface area contributed by atoms with Gasteiger partial charge in [-0.1, -0.05) is 92.2 Å². The van der Waals surface area contributed by atoms with E-state index >= 15 is 0 Å². The standard InChI is InChI=1S/C20H27NO2.C5H13NS2.C4H10.CH3NO.CH5N/c1-4-8-18(14-16-21-15-7-9-17(2)22)12-13-19-10-5-6-11-20(19)23-3;1-2-4-7-8-5-3-6;1-3-4-2;2-1-3;1-2/h4,8,10-14,16,21H,1,5-7,9,15H2,2-3H3;2-6H2,1H3;3-4H2,1-2H3;1H,(H2,2,3);2H2,1H3/b13-12+,16-14-,18-8-;;;;. The first-order valence-electron chi connectivity index (χ1n) is 13.9. The fourth-order valence-electron chi connectivity index (χ4n) is 2.44. The van der Waals surface area contributed by atoms with Gasteiger partial charge in [-0.25, -0.2) is 0 Å². The van der Waals surface area contributed by atoms with E-state index in [9.17, 15) is 4.79 Å². The van der Waals surface area contributed by atoms with E-state index in [1.807, 2.05) is 46.0 Å². The number of hydrogen-bond donors (Lipinski definition) is 4. The number of carbonyl (C=O) groups is 2. The monoisotopic (exact) mass is 598 g/mol. The molecule has 1 aliphatic carbocycles. The molecule has 0 bridgehead atoms. The number of allylic oxidation sites excluding steroid dienone is 8. The van der Waals surface area contributed by atoms with Gasteiger partial charge in [0.25, 0.3) is 0 Å². The zero-order chi connectivity index (χ0) is 31.3.